The van der Waals surface area contributed by atoms with Gasteiger partial charge in [0.2, 0.25) is 5.91 Å². The highest BCUT2D eigenvalue weighted by molar-refractivity contribution is 5.80. The molecule has 1 unspecified atom stereocenters. The van der Waals surface area contributed by atoms with Crippen LogP contribution in [0.15, 0.2) is 12.7 Å². The second kappa shape index (κ2) is 4.16. The summed E-state index contributed by atoms with van der Waals surface area (Å²) in [4.78, 5) is 11.0. The van der Waals surface area contributed by atoms with Crippen molar-refractivity contribution in [2.75, 3.05) is 0 Å². The Hall–Kier alpha value is -0.790. The average Bonchev–Trinajstić information content (AvgIpc) is 1.88. The standard InChI is InChI=1S/C9H17NO/c1-4-6-9(3,7-5-2)8(10)11/h4H,1,5-7H2,2-3H3,(H2,10,11). The van der Waals surface area contributed by atoms with Crippen LogP contribution in [0.2, 0.25) is 0 Å². The third-order valence-corrected chi connectivity index (χ3v) is 1.99. The van der Waals surface area contributed by atoms with Crippen LogP contribution in [0.4, 0.5) is 0 Å². The predicted octanol–water partition coefficient (Wildman–Crippen LogP) is 1.85. The molecule has 0 aliphatic carbocycles. The molecule has 0 fully saturated rings. The molecule has 0 aromatic rings. The summed E-state index contributed by atoms with van der Waals surface area (Å²) in [7, 11) is 0. The molecule has 0 aliphatic rings. The van der Waals surface area contributed by atoms with Crippen LogP contribution in [-0.2, 0) is 4.79 Å². The summed E-state index contributed by atoms with van der Waals surface area (Å²) in [5, 5.41) is 0. The highest BCUT2D eigenvalue weighted by Gasteiger charge is 2.27. The van der Waals surface area contributed by atoms with E-state index in [4.69, 9.17) is 5.73 Å². The third-order valence-electron chi connectivity index (χ3n) is 1.99. The number of allylic oxidation sites excluding steroid dienone is 1. The van der Waals surface area contributed by atoms with Gasteiger partial charge in [-0.05, 0) is 12.8 Å². The van der Waals surface area contributed by atoms with Gasteiger partial charge in [-0.3, -0.25) is 4.79 Å². The molecule has 1 atom stereocenters. The molecule has 0 rings (SSSR count). The van der Waals surface area contributed by atoms with E-state index in [1.54, 1.807) is 6.08 Å². The number of nitrogens with two attached hydrogens (primary N) is 1. The molecule has 0 radical (unpaired) electrons. The lowest BCUT2D eigenvalue weighted by Gasteiger charge is -2.23. The fraction of sp³-hybridized carbons (Fsp3) is 0.667. The first-order chi connectivity index (χ1) is 5.06. The van der Waals surface area contributed by atoms with Crippen molar-refractivity contribution < 1.29 is 4.79 Å². The van der Waals surface area contributed by atoms with Gasteiger partial charge < -0.3 is 5.73 Å². The quantitative estimate of drug-likeness (QED) is 0.605. The smallest absolute Gasteiger partial charge is 0.223 e. The van der Waals surface area contributed by atoms with Crippen molar-refractivity contribution in [1.82, 2.24) is 0 Å². The van der Waals surface area contributed by atoms with Gasteiger partial charge in [-0.1, -0.05) is 26.3 Å². The minimum Gasteiger partial charge on any atom is -0.369 e. The Morgan fingerprint density at radius 2 is 2.27 bits per heavy atom. The largest absolute Gasteiger partial charge is 0.369 e. The first-order valence-corrected chi connectivity index (χ1v) is 3.97. The van der Waals surface area contributed by atoms with Crippen LogP contribution in [0.25, 0.3) is 0 Å². The fourth-order valence-electron chi connectivity index (χ4n) is 1.20. The van der Waals surface area contributed by atoms with Gasteiger partial charge in [-0.2, -0.15) is 0 Å². The van der Waals surface area contributed by atoms with Crippen molar-refractivity contribution >= 4 is 5.91 Å². The van der Waals surface area contributed by atoms with Crippen molar-refractivity contribution in [3.63, 3.8) is 0 Å². The number of hydrogen-bond acceptors (Lipinski definition) is 1. The van der Waals surface area contributed by atoms with Gasteiger partial charge in [0.25, 0.3) is 0 Å². The van der Waals surface area contributed by atoms with Crippen LogP contribution >= 0.6 is 0 Å². The molecule has 0 spiro atoms. The summed E-state index contributed by atoms with van der Waals surface area (Å²) in [6, 6.07) is 0. The zero-order chi connectivity index (χ0) is 8.91. The van der Waals surface area contributed by atoms with Gasteiger partial charge in [0, 0.05) is 5.41 Å². The summed E-state index contributed by atoms with van der Waals surface area (Å²) in [6.07, 6.45) is 4.25. The Labute approximate surface area is 68.5 Å². The van der Waals surface area contributed by atoms with Crippen molar-refractivity contribution in [2.45, 2.75) is 33.1 Å². The summed E-state index contributed by atoms with van der Waals surface area (Å²) in [5.74, 6) is -0.223. The molecule has 11 heavy (non-hydrogen) atoms. The number of carbonyl (C=O) groups excluding carboxylic acids is 1. The topological polar surface area (TPSA) is 43.1 Å². The van der Waals surface area contributed by atoms with Crippen molar-refractivity contribution in [1.29, 1.82) is 0 Å². The highest BCUT2D eigenvalue weighted by Crippen LogP contribution is 2.27. The van der Waals surface area contributed by atoms with E-state index in [0.717, 1.165) is 12.8 Å². The van der Waals surface area contributed by atoms with Gasteiger partial charge in [0.15, 0.2) is 0 Å². The second-order valence-corrected chi connectivity index (χ2v) is 3.17. The van der Waals surface area contributed by atoms with E-state index in [1.165, 1.54) is 0 Å². The van der Waals surface area contributed by atoms with Crippen LogP contribution < -0.4 is 5.73 Å². The van der Waals surface area contributed by atoms with Gasteiger partial charge in [-0.25, -0.2) is 0 Å². The number of carbonyl (C=O) groups is 1. The molecule has 1 amide bonds. The van der Waals surface area contributed by atoms with Crippen LogP contribution in [0.1, 0.15) is 33.1 Å². The Balaban J connectivity index is 4.24. The van der Waals surface area contributed by atoms with Gasteiger partial charge in [0.05, 0.1) is 0 Å². The average molecular weight is 155 g/mol. The van der Waals surface area contributed by atoms with Crippen molar-refractivity contribution in [3.05, 3.63) is 12.7 Å². The van der Waals surface area contributed by atoms with E-state index < -0.39 is 0 Å². The molecule has 0 aromatic heterocycles. The minimum atomic E-state index is -0.378. The van der Waals surface area contributed by atoms with E-state index >= 15 is 0 Å². The summed E-state index contributed by atoms with van der Waals surface area (Å²) in [6.45, 7) is 7.54. The summed E-state index contributed by atoms with van der Waals surface area (Å²) < 4.78 is 0. The van der Waals surface area contributed by atoms with Gasteiger partial charge in [-0.15, -0.1) is 6.58 Å². The first kappa shape index (κ1) is 10.2. The van der Waals surface area contributed by atoms with Crippen LogP contribution in [0, 0.1) is 5.41 Å². The maximum Gasteiger partial charge on any atom is 0.223 e. The molecule has 2 N–H and O–H groups in total. The van der Waals surface area contributed by atoms with E-state index in [1.807, 2.05) is 13.8 Å². The van der Waals surface area contributed by atoms with E-state index in [2.05, 4.69) is 6.58 Å². The molecular weight excluding hydrogens is 138 g/mol. The Kier molecular flexibility index (Phi) is 3.86. The van der Waals surface area contributed by atoms with Crippen molar-refractivity contribution in [3.8, 4) is 0 Å². The van der Waals surface area contributed by atoms with Gasteiger partial charge >= 0.3 is 0 Å². The lowest BCUT2D eigenvalue weighted by molar-refractivity contribution is -0.127. The predicted molar refractivity (Wildman–Crippen MR) is 47.0 cm³/mol. The van der Waals surface area contributed by atoms with E-state index in [9.17, 15) is 4.79 Å². The molecule has 0 saturated carbocycles. The lowest BCUT2D eigenvalue weighted by Crippen LogP contribution is -2.33. The molecule has 0 heterocycles. The Morgan fingerprint density at radius 3 is 2.55 bits per heavy atom. The summed E-state index contributed by atoms with van der Waals surface area (Å²) in [5.41, 5.74) is 4.88. The number of rotatable bonds is 5. The summed E-state index contributed by atoms with van der Waals surface area (Å²) >= 11 is 0. The lowest BCUT2D eigenvalue weighted by atomic mass is 9.82. The van der Waals surface area contributed by atoms with Crippen LogP contribution in [0.3, 0.4) is 0 Å². The molecule has 64 valence electrons. The second-order valence-electron chi connectivity index (χ2n) is 3.17. The zero-order valence-electron chi connectivity index (χ0n) is 7.39. The molecular formula is C9H17NO. The monoisotopic (exact) mass is 155 g/mol. The van der Waals surface area contributed by atoms with Crippen LogP contribution in [0.5, 0.6) is 0 Å². The normalized spacial score (nSPS) is 15.5. The van der Waals surface area contributed by atoms with Gasteiger partial charge in [0.1, 0.15) is 0 Å². The molecule has 0 aliphatic heterocycles. The fourth-order valence-corrected chi connectivity index (χ4v) is 1.20. The molecule has 0 bridgehead atoms. The highest BCUT2D eigenvalue weighted by atomic mass is 16.1. The molecule has 0 aromatic carbocycles. The zero-order valence-corrected chi connectivity index (χ0v) is 7.39. The minimum absolute atomic E-state index is 0.223. The number of amides is 1. The maximum absolute atomic E-state index is 11.0. The van der Waals surface area contributed by atoms with E-state index in [0.29, 0.717) is 6.42 Å². The molecule has 2 nitrogen and oxygen atoms in total. The number of primary amides is 1. The van der Waals surface area contributed by atoms with Crippen LogP contribution in [-0.4, -0.2) is 5.91 Å². The first-order valence-electron chi connectivity index (χ1n) is 3.97. The Bertz CT molecular complexity index is 154. The number of hydrogen-bond donors (Lipinski definition) is 1. The Morgan fingerprint density at radius 1 is 1.73 bits per heavy atom. The van der Waals surface area contributed by atoms with E-state index in [-0.39, 0.29) is 11.3 Å². The SMILES string of the molecule is C=CCC(C)(CCC)C(N)=O. The maximum atomic E-state index is 11.0. The van der Waals surface area contributed by atoms with Crippen molar-refractivity contribution in [2.24, 2.45) is 11.1 Å². The molecule has 0 saturated heterocycles. The third kappa shape index (κ3) is 2.74. The molecule has 2 heteroatoms.